The minimum absolute atomic E-state index is 0.305. The van der Waals surface area contributed by atoms with Crippen molar-refractivity contribution in [3.63, 3.8) is 0 Å². The first-order chi connectivity index (χ1) is 13.1. The number of carbonyl (C=O) groups excluding carboxylic acids is 1. The van der Waals surface area contributed by atoms with Gasteiger partial charge in [-0.3, -0.25) is 0 Å². The van der Waals surface area contributed by atoms with Crippen molar-refractivity contribution in [3.8, 4) is 5.75 Å². The molecule has 0 radical (unpaired) electrons. The molecule has 0 aliphatic heterocycles. The molecule has 5 aromatic rings. The molecule has 5 rings (SSSR count). The molecule has 0 N–H and O–H groups in total. The Labute approximate surface area is 157 Å². The van der Waals surface area contributed by atoms with Gasteiger partial charge in [0.15, 0.2) is 0 Å². The van der Waals surface area contributed by atoms with Crippen LogP contribution in [-0.4, -0.2) is 5.97 Å². The summed E-state index contributed by atoms with van der Waals surface area (Å²) in [7, 11) is 0. The minimum Gasteiger partial charge on any atom is -0.422 e. The third-order valence-electron chi connectivity index (χ3n) is 5.38. The highest BCUT2D eigenvalue weighted by Gasteiger charge is 2.17. The maximum absolute atomic E-state index is 12.9. The van der Waals surface area contributed by atoms with Gasteiger partial charge in [0.1, 0.15) is 5.75 Å². The van der Waals surface area contributed by atoms with Gasteiger partial charge in [0.2, 0.25) is 0 Å². The van der Waals surface area contributed by atoms with Gasteiger partial charge in [-0.25, -0.2) is 4.79 Å². The Bertz CT molecular complexity index is 1290. The molecule has 0 heterocycles. The molecule has 0 atom stereocenters. The number of benzene rings is 5. The number of hydrogen-bond donors (Lipinski definition) is 0. The highest BCUT2D eigenvalue weighted by atomic mass is 16.5. The summed E-state index contributed by atoms with van der Waals surface area (Å²) in [6.07, 6.45) is 0. The van der Waals surface area contributed by atoms with E-state index in [0.717, 1.165) is 27.3 Å². The second-order valence-corrected chi connectivity index (χ2v) is 7.08. The third kappa shape index (κ3) is 2.37. The molecule has 0 aromatic heterocycles. The van der Waals surface area contributed by atoms with Gasteiger partial charge in [-0.1, -0.05) is 60.7 Å². The monoisotopic (exact) mass is 350 g/mol. The van der Waals surface area contributed by atoms with Crippen molar-refractivity contribution in [2.75, 3.05) is 0 Å². The Morgan fingerprint density at radius 2 is 1.22 bits per heavy atom. The fourth-order valence-corrected chi connectivity index (χ4v) is 4.08. The lowest BCUT2D eigenvalue weighted by atomic mass is 9.94. The second-order valence-electron chi connectivity index (χ2n) is 7.08. The molecule has 0 fully saturated rings. The number of rotatable bonds is 2. The molecule has 0 amide bonds. The molecular formula is C25H18O2. The summed E-state index contributed by atoms with van der Waals surface area (Å²) >= 11 is 0. The number of carbonyl (C=O) groups is 1. The molecule has 5 aromatic carbocycles. The summed E-state index contributed by atoms with van der Waals surface area (Å²) in [4.78, 5) is 12.9. The van der Waals surface area contributed by atoms with Crippen molar-refractivity contribution in [3.05, 3.63) is 89.5 Å². The van der Waals surface area contributed by atoms with E-state index in [0.29, 0.717) is 11.3 Å². The van der Waals surface area contributed by atoms with Gasteiger partial charge in [0.25, 0.3) is 0 Å². The molecule has 0 saturated heterocycles. The zero-order valence-corrected chi connectivity index (χ0v) is 15.2. The Hall–Kier alpha value is -3.39. The van der Waals surface area contributed by atoms with Crippen LogP contribution < -0.4 is 4.74 Å². The van der Waals surface area contributed by atoms with Crippen LogP contribution in [0.3, 0.4) is 0 Å². The molecule has 0 bridgehead atoms. The van der Waals surface area contributed by atoms with Gasteiger partial charge in [-0.05, 0) is 58.7 Å². The second kappa shape index (κ2) is 5.82. The summed E-state index contributed by atoms with van der Waals surface area (Å²) < 4.78 is 5.88. The van der Waals surface area contributed by atoms with Crippen LogP contribution in [-0.2, 0) is 0 Å². The number of hydrogen-bond acceptors (Lipinski definition) is 2. The van der Waals surface area contributed by atoms with E-state index in [9.17, 15) is 4.79 Å². The molecular weight excluding hydrogens is 332 g/mol. The van der Waals surface area contributed by atoms with Crippen molar-refractivity contribution in [1.29, 1.82) is 0 Å². The lowest BCUT2D eigenvalue weighted by molar-refractivity contribution is 0.0735. The third-order valence-corrected chi connectivity index (χ3v) is 5.38. The maximum atomic E-state index is 12.9. The van der Waals surface area contributed by atoms with Crippen molar-refractivity contribution >= 4 is 38.3 Å². The summed E-state index contributed by atoms with van der Waals surface area (Å²) in [5.41, 5.74) is 2.50. The average Bonchev–Trinajstić information content (AvgIpc) is 2.67. The summed E-state index contributed by atoms with van der Waals surface area (Å²) in [6.45, 7) is 3.88. The molecule has 2 nitrogen and oxygen atoms in total. The Balaban J connectivity index is 1.71. The van der Waals surface area contributed by atoms with Gasteiger partial charge in [-0.15, -0.1) is 0 Å². The van der Waals surface area contributed by atoms with Crippen molar-refractivity contribution in [1.82, 2.24) is 0 Å². The molecule has 130 valence electrons. The van der Waals surface area contributed by atoms with E-state index in [1.54, 1.807) is 0 Å². The van der Waals surface area contributed by atoms with Gasteiger partial charge >= 0.3 is 5.97 Å². The number of aryl methyl sites for hydroxylation is 2. The Kier molecular flexibility index (Phi) is 3.41. The molecule has 0 saturated carbocycles. The quantitative estimate of drug-likeness (QED) is 0.209. The van der Waals surface area contributed by atoms with E-state index in [1.165, 1.54) is 16.2 Å². The van der Waals surface area contributed by atoms with E-state index in [-0.39, 0.29) is 5.97 Å². The van der Waals surface area contributed by atoms with E-state index in [4.69, 9.17) is 4.74 Å². The zero-order valence-electron chi connectivity index (χ0n) is 15.2. The molecule has 27 heavy (non-hydrogen) atoms. The SMILES string of the molecule is Cc1cccc(C)c1C(=O)Oc1ccc2ccc3cccc4ccc1c2c34. The van der Waals surface area contributed by atoms with Crippen LogP contribution in [0.2, 0.25) is 0 Å². The summed E-state index contributed by atoms with van der Waals surface area (Å²) in [5, 5.41) is 6.89. The lowest BCUT2D eigenvalue weighted by Crippen LogP contribution is -2.12. The fourth-order valence-electron chi connectivity index (χ4n) is 4.08. The maximum Gasteiger partial charge on any atom is 0.344 e. The summed E-state index contributed by atoms with van der Waals surface area (Å²) in [6, 6.07) is 24.5. The number of ether oxygens (including phenoxy) is 1. The molecule has 0 unspecified atom stereocenters. The standard InChI is InChI=1S/C25H18O2/c1-15-5-3-6-16(2)22(15)25(26)27-21-14-12-19-10-9-17-7-4-8-18-11-13-20(21)24(19)23(17)18/h3-14H,1-2H3. The number of esters is 1. The first-order valence-electron chi connectivity index (χ1n) is 9.08. The van der Waals surface area contributed by atoms with Crippen molar-refractivity contribution < 1.29 is 9.53 Å². The summed E-state index contributed by atoms with van der Waals surface area (Å²) in [5.74, 6) is 0.300. The van der Waals surface area contributed by atoms with Crippen LogP contribution in [0.25, 0.3) is 32.3 Å². The van der Waals surface area contributed by atoms with Gasteiger partial charge in [0.05, 0.1) is 5.56 Å². The van der Waals surface area contributed by atoms with Crippen molar-refractivity contribution in [2.45, 2.75) is 13.8 Å². The first kappa shape index (κ1) is 15.8. The largest absolute Gasteiger partial charge is 0.422 e. The normalized spacial score (nSPS) is 11.5. The van der Waals surface area contributed by atoms with Crippen LogP contribution in [0.1, 0.15) is 21.5 Å². The Morgan fingerprint density at radius 3 is 1.93 bits per heavy atom. The zero-order chi connectivity index (χ0) is 18.5. The van der Waals surface area contributed by atoms with Gasteiger partial charge < -0.3 is 4.74 Å². The Morgan fingerprint density at radius 1 is 0.667 bits per heavy atom. The minimum atomic E-state index is -0.305. The van der Waals surface area contributed by atoms with Crippen molar-refractivity contribution in [2.24, 2.45) is 0 Å². The van der Waals surface area contributed by atoms with E-state index < -0.39 is 0 Å². The fraction of sp³-hybridized carbons (Fsp3) is 0.0800. The van der Waals surface area contributed by atoms with Crippen LogP contribution in [0, 0.1) is 13.8 Å². The van der Waals surface area contributed by atoms with Crippen LogP contribution in [0.15, 0.2) is 72.8 Å². The van der Waals surface area contributed by atoms with Crippen LogP contribution in [0.5, 0.6) is 5.75 Å². The van der Waals surface area contributed by atoms with Gasteiger partial charge in [0, 0.05) is 10.8 Å². The molecule has 0 aliphatic carbocycles. The van der Waals surface area contributed by atoms with Crippen LogP contribution >= 0.6 is 0 Å². The first-order valence-corrected chi connectivity index (χ1v) is 9.08. The van der Waals surface area contributed by atoms with E-state index in [1.807, 2.05) is 44.2 Å². The highest BCUT2D eigenvalue weighted by Crippen LogP contribution is 2.38. The van der Waals surface area contributed by atoms with Gasteiger partial charge in [-0.2, -0.15) is 0 Å². The van der Waals surface area contributed by atoms with E-state index >= 15 is 0 Å². The predicted octanol–water partition coefficient (Wildman–Crippen LogP) is 6.42. The average molecular weight is 350 g/mol. The van der Waals surface area contributed by atoms with Crippen LogP contribution in [0.4, 0.5) is 0 Å². The molecule has 0 aliphatic rings. The molecule has 0 spiro atoms. The van der Waals surface area contributed by atoms with E-state index in [2.05, 4.69) is 42.5 Å². The topological polar surface area (TPSA) is 26.3 Å². The highest BCUT2D eigenvalue weighted by molar-refractivity contribution is 6.24. The smallest absolute Gasteiger partial charge is 0.344 e. The lowest BCUT2D eigenvalue weighted by Gasteiger charge is -2.15. The molecule has 2 heteroatoms. The predicted molar refractivity (Wildman–Crippen MR) is 111 cm³/mol.